The van der Waals surface area contributed by atoms with Gasteiger partial charge in [-0.3, -0.25) is 0 Å². The van der Waals surface area contributed by atoms with Gasteiger partial charge in [0.25, 0.3) is 0 Å². The summed E-state index contributed by atoms with van der Waals surface area (Å²) in [6.07, 6.45) is 9.04. The predicted molar refractivity (Wildman–Crippen MR) is 96.7 cm³/mol. The fraction of sp³-hybridized carbons (Fsp3) is 0.182. The van der Waals surface area contributed by atoms with Crippen molar-refractivity contribution in [1.82, 2.24) is 4.57 Å². The lowest BCUT2D eigenvalue weighted by molar-refractivity contribution is 0.712. The molecular formula is C22H19N. The molecule has 1 heterocycles. The van der Waals surface area contributed by atoms with Gasteiger partial charge in [0.15, 0.2) is 0 Å². The van der Waals surface area contributed by atoms with Crippen LogP contribution in [-0.2, 0) is 7.05 Å². The fourth-order valence-corrected chi connectivity index (χ4v) is 4.44. The fourth-order valence-electron chi connectivity index (χ4n) is 4.44. The zero-order chi connectivity index (χ0) is 15.6. The first kappa shape index (κ1) is 13.0. The van der Waals surface area contributed by atoms with Crippen LogP contribution in [0, 0.1) is 12.8 Å². The van der Waals surface area contributed by atoms with Gasteiger partial charge in [-0.15, -0.1) is 0 Å². The molecule has 1 atom stereocenters. The van der Waals surface area contributed by atoms with Gasteiger partial charge in [-0.1, -0.05) is 60.2 Å². The van der Waals surface area contributed by atoms with Crippen LogP contribution in [0.2, 0.25) is 0 Å². The van der Waals surface area contributed by atoms with Crippen molar-refractivity contribution < 1.29 is 0 Å². The number of hydrogen-bond donors (Lipinski definition) is 0. The Morgan fingerprint density at radius 1 is 0.957 bits per heavy atom. The molecule has 0 spiro atoms. The zero-order valence-corrected chi connectivity index (χ0v) is 13.5. The van der Waals surface area contributed by atoms with Crippen molar-refractivity contribution >= 4 is 10.9 Å². The average Bonchev–Trinajstić information content (AvgIpc) is 3.24. The number of aromatic nitrogens is 1. The molecule has 1 heteroatoms. The monoisotopic (exact) mass is 297 g/mol. The second kappa shape index (κ2) is 4.48. The quantitative estimate of drug-likeness (QED) is 0.571. The van der Waals surface area contributed by atoms with Crippen molar-refractivity contribution in [2.75, 3.05) is 0 Å². The van der Waals surface area contributed by atoms with Gasteiger partial charge in [0, 0.05) is 35.3 Å². The smallest absolute Gasteiger partial charge is 0.0530 e. The standard InChI is InChI=1S/C22H19N/c1-14-11-12-19-18(13-14)21-20(15-7-3-4-8-15)16-9-5-6-10-17(16)22(21)23(19)2/h3-13,15,20H,1-2H3. The Bertz CT molecular complexity index is 988. The Balaban J connectivity index is 1.91. The normalized spacial score (nSPS) is 18.8. The second-order valence-electron chi connectivity index (χ2n) is 6.75. The summed E-state index contributed by atoms with van der Waals surface area (Å²) >= 11 is 0. The topological polar surface area (TPSA) is 4.93 Å². The Hall–Kier alpha value is -2.54. The molecule has 3 aromatic rings. The van der Waals surface area contributed by atoms with E-state index in [1.165, 1.54) is 38.9 Å². The van der Waals surface area contributed by atoms with Crippen LogP contribution in [0.15, 0.2) is 66.8 Å². The van der Waals surface area contributed by atoms with E-state index in [0.717, 1.165) is 0 Å². The summed E-state index contributed by atoms with van der Waals surface area (Å²) in [5.41, 5.74) is 8.45. The number of rotatable bonds is 1. The van der Waals surface area contributed by atoms with E-state index in [1.807, 2.05) is 0 Å². The second-order valence-corrected chi connectivity index (χ2v) is 6.75. The highest BCUT2D eigenvalue weighted by Gasteiger charge is 2.37. The number of nitrogens with zero attached hydrogens (tertiary/aromatic N) is 1. The molecule has 23 heavy (non-hydrogen) atoms. The van der Waals surface area contributed by atoms with E-state index in [0.29, 0.717) is 11.8 Å². The van der Waals surface area contributed by atoms with Crippen LogP contribution in [0.4, 0.5) is 0 Å². The number of hydrogen-bond acceptors (Lipinski definition) is 0. The number of fused-ring (bicyclic) bond motifs is 5. The number of aryl methyl sites for hydroxylation is 2. The summed E-state index contributed by atoms with van der Waals surface area (Å²) in [4.78, 5) is 0. The maximum atomic E-state index is 2.38. The van der Waals surface area contributed by atoms with E-state index in [1.54, 1.807) is 0 Å². The number of benzene rings is 2. The molecule has 0 bridgehead atoms. The lowest BCUT2D eigenvalue weighted by atomic mass is 9.84. The van der Waals surface area contributed by atoms with Gasteiger partial charge < -0.3 is 4.57 Å². The van der Waals surface area contributed by atoms with Crippen LogP contribution < -0.4 is 0 Å². The first-order valence-electron chi connectivity index (χ1n) is 8.29. The van der Waals surface area contributed by atoms with Crippen LogP contribution in [0.3, 0.4) is 0 Å². The van der Waals surface area contributed by atoms with Gasteiger partial charge in [0.2, 0.25) is 0 Å². The van der Waals surface area contributed by atoms with Crippen molar-refractivity contribution in [3.05, 3.63) is 83.5 Å². The van der Waals surface area contributed by atoms with Gasteiger partial charge in [-0.2, -0.15) is 0 Å². The van der Waals surface area contributed by atoms with Crippen molar-refractivity contribution in [3.8, 4) is 11.3 Å². The molecule has 0 saturated heterocycles. The molecule has 0 fully saturated rings. The summed E-state index contributed by atoms with van der Waals surface area (Å²) in [5.74, 6) is 0.894. The lowest BCUT2D eigenvalue weighted by Gasteiger charge is -2.18. The van der Waals surface area contributed by atoms with E-state index in [-0.39, 0.29) is 0 Å². The maximum Gasteiger partial charge on any atom is 0.0530 e. The molecule has 0 saturated carbocycles. The van der Waals surface area contributed by atoms with Gasteiger partial charge in [-0.25, -0.2) is 0 Å². The minimum Gasteiger partial charge on any atom is -0.343 e. The van der Waals surface area contributed by atoms with Crippen molar-refractivity contribution in [1.29, 1.82) is 0 Å². The molecule has 2 aliphatic carbocycles. The summed E-state index contributed by atoms with van der Waals surface area (Å²) in [6.45, 7) is 2.19. The summed E-state index contributed by atoms with van der Waals surface area (Å²) in [6, 6.07) is 15.8. The average molecular weight is 297 g/mol. The van der Waals surface area contributed by atoms with Crippen LogP contribution in [0.1, 0.15) is 22.6 Å². The van der Waals surface area contributed by atoms with Gasteiger partial charge in [0.05, 0.1) is 5.69 Å². The van der Waals surface area contributed by atoms with Gasteiger partial charge >= 0.3 is 0 Å². The molecule has 5 rings (SSSR count). The molecule has 0 N–H and O–H groups in total. The number of allylic oxidation sites excluding steroid dienone is 4. The molecule has 2 aromatic carbocycles. The molecule has 1 nitrogen and oxygen atoms in total. The highest BCUT2D eigenvalue weighted by molar-refractivity contribution is 5.97. The highest BCUT2D eigenvalue weighted by atomic mass is 15.0. The SMILES string of the molecule is Cc1ccc2c(c1)c1c(n2C)-c2ccccc2C1C1C=CC=C1. The third kappa shape index (κ3) is 1.62. The van der Waals surface area contributed by atoms with Crippen molar-refractivity contribution in [3.63, 3.8) is 0 Å². The van der Waals surface area contributed by atoms with Crippen molar-refractivity contribution in [2.24, 2.45) is 13.0 Å². The maximum absolute atomic E-state index is 2.38. The Kier molecular flexibility index (Phi) is 2.52. The van der Waals surface area contributed by atoms with Crippen LogP contribution in [-0.4, -0.2) is 4.57 Å². The minimum atomic E-state index is 0.432. The van der Waals surface area contributed by atoms with Crippen LogP contribution >= 0.6 is 0 Å². The Labute approximate surface area is 136 Å². The Morgan fingerprint density at radius 3 is 2.57 bits per heavy atom. The summed E-state index contributed by atoms with van der Waals surface area (Å²) in [5, 5.41) is 1.41. The van der Waals surface area contributed by atoms with Crippen LogP contribution in [0.25, 0.3) is 22.2 Å². The van der Waals surface area contributed by atoms with Crippen molar-refractivity contribution in [2.45, 2.75) is 12.8 Å². The highest BCUT2D eigenvalue weighted by Crippen LogP contribution is 2.53. The minimum absolute atomic E-state index is 0.432. The molecule has 0 amide bonds. The molecule has 112 valence electrons. The first-order chi connectivity index (χ1) is 11.3. The van der Waals surface area contributed by atoms with E-state index in [9.17, 15) is 0 Å². The zero-order valence-electron chi connectivity index (χ0n) is 13.5. The molecule has 0 aliphatic heterocycles. The molecule has 1 unspecified atom stereocenters. The largest absolute Gasteiger partial charge is 0.343 e. The van der Waals surface area contributed by atoms with Gasteiger partial charge in [0.1, 0.15) is 0 Å². The van der Waals surface area contributed by atoms with Crippen LogP contribution in [0.5, 0.6) is 0 Å². The molecule has 1 aromatic heterocycles. The van der Waals surface area contributed by atoms with E-state index in [4.69, 9.17) is 0 Å². The third-order valence-electron chi connectivity index (χ3n) is 5.42. The third-order valence-corrected chi connectivity index (χ3v) is 5.42. The van der Waals surface area contributed by atoms with E-state index in [2.05, 4.69) is 85.3 Å². The first-order valence-corrected chi connectivity index (χ1v) is 8.29. The Morgan fingerprint density at radius 2 is 1.74 bits per heavy atom. The summed E-state index contributed by atoms with van der Waals surface area (Å²) < 4.78 is 2.38. The molecule has 0 radical (unpaired) electrons. The van der Waals surface area contributed by atoms with E-state index >= 15 is 0 Å². The summed E-state index contributed by atoms with van der Waals surface area (Å²) in [7, 11) is 2.20. The van der Waals surface area contributed by atoms with Gasteiger partial charge in [-0.05, 0) is 30.2 Å². The van der Waals surface area contributed by atoms with E-state index < -0.39 is 0 Å². The predicted octanol–water partition coefficient (Wildman–Crippen LogP) is 5.34. The molecule has 2 aliphatic rings. The lowest BCUT2D eigenvalue weighted by Crippen LogP contribution is -2.06. The molecular weight excluding hydrogens is 278 g/mol.